The van der Waals surface area contributed by atoms with Crippen molar-refractivity contribution in [3.63, 3.8) is 0 Å². The number of carbonyl (C=O) groups is 1. The van der Waals surface area contributed by atoms with Gasteiger partial charge in [0.25, 0.3) is 0 Å². The molecule has 0 aliphatic rings. The van der Waals surface area contributed by atoms with Gasteiger partial charge in [-0.15, -0.1) is 0 Å². The maximum atomic E-state index is 11.2. The number of methoxy groups -OCH3 is 1. The first-order valence-electron chi connectivity index (χ1n) is 5.53. The molecule has 0 atom stereocenters. The van der Waals surface area contributed by atoms with Crippen LogP contribution in [0.3, 0.4) is 0 Å². The topological polar surface area (TPSA) is 46.5 Å². The Bertz CT molecular complexity index is 383. The second-order valence-corrected chi connectivity index (χ2v) is 3.67. The molecule has 0 fully saturated rings. The monoisotopic (exact) mass is 222 g/mol. The highest BCUT2D eigenvalue weighted by Crippen LogP contribution is 2.27. The van der Waals surface area contributed by atoms with E-state index in [4.69, 9.17) is 0 Å². The molecule has 0 unspecified atom stereocenters. The fraction of sp³-hybridized carbons (Fsp3) is 0.462. The maximum Gasteiger partial charge on any atom is 0.310 e. The Kier molecular flexibility index (Phi) is 4.35. The predicted octanol–water partition coefficient (Wildman–Crippen LogP) is 2.23. The van der Waals surface area contributed by atoms with Crippen LogP contribution in [0.5, 0.6) is 5.75 Å². The lowest BCUT2D eigenvalue weighted by atomic mass is 9.97. The number of carbonyl (C=O) groups excluding carboxylic acids is 1. The summed E-state index contributed by atoms with van der Waals surface area (Å²) in [4.78, 5) is 11.2. The fourth-order valence-corrected chi connectivity index (χ4v) is 1.82. The molecule has 1 aromatic rings. The largest absolute Gasteiger partial charge is 0.507 e. The summed E-state index contributed by atoms with van der Waals surface area (Å²) >= 11 is 0. The molecule has 3 heteroatoms. The average molecular weight is 222 g/mol. The lowest BCUT2D eigenvalue weighted by molar-refractivity contribution is -0.139. The van der Waals surface area contributed by atoms with Gasteiger partial charge < -0.3 is 9.84 Å². The van der Waals surface area contributed by atoms with Crippen molar-refractivity contribution in [1.29, 1.82) is 0 Å². The smallest absolute Gasteiger partial charge is 0.310 e. The van der Waals surface area contributed by atoms with E-state index in [-0.39, 0.29) is 18.1 Å². The van der Waals surface area contributed by atoms with Crippen molar-refractivity contribution in [3.05, 3.63) is 28.8 Å². The highest BCUT2D eigenvalue weighted by molar-refractivity contribution is 5.73. The zero-order valence-electron chi connectivity index (χ0n) is 10.0. The first-order valence-corrected chi connectivity index (χ1v) is 5.53. The number of rotatable bonds is 4. The summed E-state index contributed by atoms with van der Waals surface area (Å²) in [6.07, 6.45) is 1.78. The van der Waals surface area contributed by atoms with Crippen LogP contribution in [-0.2, 0) is 28.8 Å². The molecule has 88 valence electrons. The number of hydrogen-bond donors (Lipinski definition) is 1. The van der Waals surface area contributed by atoms with E-state index >= 15 is 0 Å². The summed E-state index contributed by atoms with van der Waals surface area (Å²) in [7, 11) is 1.35. The first-order chi connectivity index (χ1) is 7.63. The van der Waals surface area contributed by atoms with Crippen LogP contribution in [-0.4, -0.2) is 18.2 Å². The van der Waals surface area contributed by atoms with Gasteiger partial charge in [-0.05, 0) is 24.0 Å². The van der Waals surface area contributed by atoms with Gasteiger partial charge in [-0.25, -0.2) is 0 Å². The third kappa shape index (κ3) is 2.54. The van der Waals surface area contributed by atoms with E-state index in [0.717, 1.165) is 24.0 Å². The minimum Gasteiger partial charge on any atom is -0.507 e. The minimum absolute atomic E-state index is 0.124. The number of aryl methyl sites for hydroxylation is 1. The number of esters is 1. The molecule has 0 heterocycles. The SMILES string of the molecule is CCc1ccc(CC(=O)OC)c(O)c1CC. The van der Waals surface area contributed by atoms with Crippen molar-refractivity contribution >= 4 is 5.97 Å². The van der Waals surface area contributed by atoms with Gasteiger partial charge in [0.1, 0.15) is 5.75 Å². The van der Waals surface area contributed by atoms with Gasteiger partial charge >= 0.3 is 5.97 Å². The minimum atomic E-state index is -0.332. The molecule has 0 bridgehead atoms. The van der Waals surface area contributed by atoms with Crippen LogP contribution in [0, 0.1) is 0 Å². The van der Waals surface area contributed by atoms with Crippen LogP contribution < -0.4 is 0 Å². The molecular formula is C13H18O3. The van der Waals surface area contributed by atoms with Crippen molar-refractivity contribution in [3.8, 4) is 5.75 Å². The third-order valence-corrected chi connectivity index (χ3v) is 2.76. The van der Waals surface area contributed by atoms with Crippen molar-refractivity contribution in [2.45, 2.75) is 33.1 Å². The third-order valence-electron chi connectivity index (χ3n) is 2.76. The number of hydrogen-bond acceptors (Lipinski definition) is 3. The van der Waals surface area contributed by atoms with E-state index < -0.39 is 0 Å². The van der Waals surface area contributed by atoms with E-state index in [0.29, 0.717) is 5.56 Å². The lowest BCUT2D eigenvalue weighted by Crippen LogP contribution is -2.06. The van der Waals surface area contributed by atoms with Crippen LogP contribution in [0.15, 0.2) is 12.1 Å². The molecule has 3 nitrogen and oxygen atoms in total. The molecule has 0 saturated carbocycles. The van der Waals surface area contributed by atoms with Crippen LogP contribution in [0.25, 0.3) is 0 Å². The van der Waals surface area contributed by atoms with Crippen molar-refractivity contribution in [1.82, 2.24) is 0 Å². The highest BCUT2D eigenvalue weighted by atomic mass is 16.5. The lowest BCUT2D eigenvalue weighted by Gasteiger charge is -2.12. The van der Waals surface area contributed by atoms with Gasteiger partial charge in [-0.3, -0.25) is 4.79 Å². The molecule has 0 aliphatic carbocycles. The van der Waals surface area contributed by atoms with Gasteiger partial charge in [0.05, 0.1) is 13.5 Å². The summed E-state index contributed by atoms with van der Waals surface area (Å²) in [6, 6.07) is 3.76. The molecule has 0 radical (unpaired) electrons. The van der Waals surface area contributed by atoms with Crippen LogP contribution in [0.2, 0.25) is 0 Å². The van der Waals surface area contributed by atoms with Crippen molar-refractivity contribution in [2.24, 2.45) is 0 Å². The average Bonchev–Trinajstić information content (AvgIpc) is 2.31. The quantitative estimate of drug-likeness (QED) is 0.795. The number of phenolic OH excluding ortho intramolecular Hbond substituents is 1. The fourth-order valence-electron chi connectivity index (χ4n) is 1.82. The second-order valence-electron chi connectivity index (χ2n) is 3.67. The molecule has 16 heavy (non-hydrogen) atoms. The Morgan fingerprint density at radius 3 is 2.38 bits per heavy atom. The molecule has 0 aliphatic heterocycles. The van der Waals surface area contributed by atoms with Gasteiger partial charge in [-0.1, -0.05) is 26.0 Å². The molecule has 0 amide bonds. The Hall–Kier alpha value is -1.51. The van der Waals surface area contributed by atoms with Crippen molar-refractivity contribution < 1.29 is 14.6 Å². The summed E-state index contributed by atoms with van der Waals surface area (Å²) in [5.41, 5.74) is 2.71. The Balaban J connectivity index is 3.08. The van der Waals surface area contributed by atoms with Gasteiger partial charge in [0, 0.05) is 5.56 Å². The normalized spacial score (nSPS) is 10.2. The molecule has 0 aromatic heterocycles. The van der Waals surface area contributed by atoms with E-state index in [9.17, 15) is 9.90 Å². The number of aromatic hydroxyl groups is 1. The molecule has 1 rings (SSSR count). The van der Waals surface area contributed by atoms with Gasteiger partial charge in [0.2, 0.25) is 0 Å². The highest BCUT2D eigenvalue weighted by Gasteiger charge is 2.13. The van der Waals surface area contributed by atoms with Gasteiger partial charge in [-0.2, -0.15) is 0 Å². The Morgan fingerprint density at radius 1 is 1.25 bits per heavy atom. The first kappa shape index (κ1) is 12.6. The van der Waals surface area contributed by atoms with E-state index in [1.807, 2.05) is 19.9 Å². The van der Waals surface area contributed by atoms with E-state index in [2.05, 4.69) is 4.74 Å². The predicted molar refractivity (Wildman–Crippen MR) is 62.6 cm³/mol. The number of ether oxygens (including phenoxy) is 1. The number of benzene rings is 1. The summed E-state index contributed by atoms with van der Waals surface area (Å²) < 4.78 is 4.59. The molecule has 0 spiro atoms. The maximum absolute atomic E-state index is 11.2. The molecular weight excluding hydrogens is 204 g/mol. The second kappa shape index (κ2) is 5.54. The summed E-state index contributed by atoms with van der Waals surface area (Å²) in [5.74, 6) is -0.0890. The van der Waals surface area contributed by atoms with Gasteiger partial charge in [0.15, 0.2) is 0 Å². The Labute approximate surface area is 96.1 Å². The zero-order chi connectivity index (χ0) is 12.1. The van der Waals surface area contributed by atoms with Crippen molar-refractivity contribution in [2.75, 3.05) is 7.11 Å². The standard InChI is InChI=1S/C13H18O3/c1-4-9-6-7-10(8-12(14)16-3)13(15)11(9)5-2/h6-7,15H,4-5,8H2,1-3H3. The zero-order valence-corrected chi connectivity index (χ0v) is 10.0. The van der Waals surface area contributed by atoms with Crippen LogP contribution in [0.4, 0.5) is 0 Å². The molecule has 1 N–H and O–H groups in total. The van der Waals surface area contributed by atoms with E-state index in [1.165, 1.54) is 7.11 Å². The van der Waals surface area contributed by atoms with Crippen LogP contribution in [0.1, 0.15) is 30.5 Å². The summed E-state index contributed by atoms with van der Waals surface area (Å²) in [5, 5.41) is 10.0. The van der Waals surface area contributed by atoms with Crippen LogP contribution >= 0.6 is 0 Å². The molecule has 0 saturated heterocycles. The molecule has 1 aromatic carbocycles. The van der Waals surface area contributed by atoms with E-state index in [1.54, 1.807) is 6.07 Å². The summed E-state index contributed by atoms with van der Waals surface area (Å²) in [6.45, 7) is 4.05. The number of phenols is 1. The Morgan fingerprint density at radius 2 is 1.88 bits per heavy atom.